The normalized spacial score (nSPS) is 10.3. The number of carbonyl (C=O) groups excluding carboxylic acids is 1. The Morgan fingerprint density at radius 1 is 0.569 bits per heavy atom. The van der Waals surface area contributed by atoms with E-state index in [0.29, 0.717) is 41.5 Å². The number of rotatable bonds is 12. The van der Waals surface area contributed by atoms with Gasteiger partial charge in [0.1, 0.15) is 36.3 Å². The highest BCUT2D eigenvalue weighted by atomic mass is 19.1. The lowest BCUT2D eigenvalue weighted by atomic mass is 10.1. The Balaban J connectivity index is 0.000000198. The Hall–Kier alpha value is -6.68. The molecule has 0 fully saturated rings. The number of halogens is 2. The molecule has 0 spiro atoms. The maximum atomic E-state index is 13.1. The summed E-state index contributed by atoms with van der Waals surface area (Å²) in [6, 6.07) is 40.7. The summed E-state index contributed by atoms with van der Waals surface area (Å²) in [5, 5.41) is 15.5. The summed E-state index contributed by atoms with van der Waals surface area (Å²) < 4.78 is 42.4. The van der Waals surface area contributed by atoms with Crippen molar-refractivity contribution in [2.75, 3.05) is 17.7 Å². The highest BCUT2D eigenvalue weighted by molar-refractivity contribution is 5.97. The summed E-state index contributed by atoms with van der Waals surface area (Å²) in [5.74, 6) is -0.677. The van der Waals surface area contributed by atoms with Crippen LogP contribution in [0.2, 0.25) is 0 Å². The van der Waals surface area contributed by atoms with Crippen molar-refractivity contribution in [3.63, 3.8) is 0 Å². The van der Waals surface area contributed by atoms with Crippen molar-refractivity contribution >= 4 is 34.7 Å². The average Bonchev–Trinajstić information content (AvgIpc) is 3.16. The van der Waals surface area contributed by atoms with Gasteiger partial charge in [-0.25, -0.2) is 18.4 Å². The Bertz CT molecular complexity index is 2040. The van der Waals surface area contributed by atoms with E-state index in [1.54, 1.807) is 42.5 Å². The fraction of sp³-hybridized carbons (Fsp3) is 0.0732. The molecule has 0 bridgehead atoms. The summed E-state index contributed by atoms with van der Waals surface area (Å²) in [5.41, 5.74) is 4.48. The molecule has 6 aromatic carbocycles. The number of benzene rings is 6. The molecule has 0 amide bonds. The van der Waals surface area contributed by atoms with Gasteiger partial charge in [0.15, 0.2) is 0 Å². The molecule has 0 saturated heterocycles. The fourth-order valence-corrected chi connectivity index (χ4v) is 4.79. The van der Waals surface area contributed by atoms with Gasteiger partial charge >= 0.3 is 11.9 Å². The van der Waals surface area contributed by atoms with Gasteiger partial charge < -0.3 is 30.0 Å². The molecule has 6 aromatic rings. The smallest absolute Gasteiger partial charge is 0.339 e. The first kappa shape index (κ1) is 35.6. The van der Waals surface area contributed by atoms with E-state index in [1.165, 1.54) is 37.4 Å². The number of nitrogens with one attached hydrogen (secondary N) is 2. The standard InChI is InChI=1S/C21H18FNO3.C20H16FNO3/c1-25-21(24)19-12-7-15(14-26-18-5-3-2-4-6-18)13-20(19)23-17-10-8-16(22)9-11-17;21-15-7-9-16(10-8-15)22-19-12-14(6-11-18(19)20(23)24)13-25-17-4-2-1-3-5-17/h2-13,23H,14H2,1H3;1-12,22H,13H2,(H,23,24). The van der Waals surface area contributed by atoms with Crippen molar-refractivity contribution in [2.45, 2.75) is 13.2 Å². The third-order valence-corrected chi connectivity index (χ3v) is 7.35. The van der Waals surface area contributed by atoms with Crippen molar-refractivity contribution in [3.05, 3.63) is 179 Å². The van der Waals surface area contributed by atoms with Crippen LogP contribution in [-0.4, -0.2) is 24.2 Å². The third-order valence-electron chi connectivity index (χ3n) is 7.35. The lowest BCUT2D eigenvalue weighted by molar-refractivity contribution is 0.0601. The number of methoxy groups -OCH3 is 1. The molecule has 0 aliphatic heterocycles. The largest absolute Gasteiger partial charge is 0.489 e. The van der Waals surface area contributed by atoms with Crippen molar-refractivity contribution in [3.8, 4) is 11.5 Å². The number of esters is 1. The van der Waals surface area contributed by atoms with Gasteiger partial charge in [-0.15, -0.1) is 0 Å². The molecule has 0 aliphatic rings. The zero-order valence-corrected chi connectivity index (χ0v) is 27.5. The van der Waals surface area contributed by atoms with E-state index in [2.05, 4.69) is 10.6 Å². The van der Waals surface area contributed by atoms with Crippen LogP contribution in [0.1, 0.15) is 31.8 Å². The predicted octanol–water partition coefficient (Wildman–Crippen LogP) is 9.78. The Kier molecular flexibility index (Phi) is 12.3. The fourth-order valence-electron chi connectivity index (χ4n) is 4.79. The zero-order valence-electron chi connectivity index (χ0n) is 27.5. The minimum Gasteiger partial charge on any atom is -0.489 e. The van der Waals surface area contributed by atoms with Crippen LogP contribution >= 0.6 is 0 Å². The van der Waals surface area contributed by atoms with Gasteiger partial charge in [-0.05, 0) is 108 Å². The number of para-hydroxylation sites is 2. The molecule has 8 nitrogen and oxygen atoms in total. The minimum absolute atomic E-state index is 0.132. The van der Waals surface area contributed by atoms with E-state index in [0.717, 1.165) is 22.6 Å². The van der Waals surface area contributed by atoms with Gasteiger partial charge in [-0.2, -0.15) is 0 Å². The number of carboxylic acids is 1. The second kappa shape index (κ2) is 17.6. The van der Waals surface area contributed by atoms with Gasteiger partial charge in [0.25, 0.3) is 0 Å². The number of aromatic carboxylic acids is 1. The Morgan fingerprint density at radius 2 is 0.980 bits per heavy atom. The molecule has 0 unspecified atom stereocenters. The first-order chi connectivity index (χ1) is 24.8. The molecule has 0 saturated carbocycles. The SMILES string of the molecule is COC(=O)c1ccc(COc2ccccc2)cc1Nc1ccc(F)cc1.O=C(O)c1ccc(COc2ccccc2)cc1Nc1ccc(F)cc1. The highest BCUT2D eigenvalue weighted by Crippen LogP contribution is 2.26. The van der Waals surface area contributed by atoms with E-state index < -0.39 is 11.9 Å². The number of hydrogen-bond acceptors (Lipinski definition) is 7. The summed E-state index contributed by atoms with van der Waals surface area (Å²) in [6.45, 7) is 0.658. The van der Waals surface area contributed by atoms with Crippen LogP contribution in [0.25, 0.3) is 0 Å². The first-order valence-electron chi connectivity index (χ1n) is 15.8. The monoisotopic (exact) mass is 688 g/mol. The van der Waals surface area contributed by atoms with Crippen LogP contribution < -0.4 is 20.1 Å². The maximum Gasteiger partial charge on any atom is 0.339 e. The molecule has 0 atom stereocenters. The molecule has 6 rings (SSSR count). The van der Waals surface area contributed by atoms with Crippen molar-refractivity contribution in [1.29, 1.82) is 0 Å². The van der Waals surface area contributed by atoms with E-state index >= 15 is 0 Å². The van der Waals surface area contributed by atoms with Crippen molar-refractivity contribution < 1.29 is 37.7 Å². The minimum atomic E-state index is -1.04. The molecule has 0 aliphatic carbocycles. The lowest BCUT2D eigenvalue weighted by Gasteiger charge is -2.13. The first-order valence-corrected chi connectivity index (χ1v) is 15.8. The molecule has 0 radical (unpaired) electrons. The quantitative estimate of drug-likeness (QED) is 0.109. The van der Waals surface area contributed by atoms with E-state index in [-0.39, 0.29) is 17.2 Å². The van der Waals surface area contributed by atoms with Crippen molar-refractivity contribution in [1.82, 2.24) is 0 Å². The number of hydrogen-bond donors (Lipinski definition) is 3. The maximum absolute atomic E-state index is 13.1. The highest BCUT2D eigenvalue weighted by Gasteiger charge is 2.14. The molecule has 258 valence electrons. The molecular weight excluding hydrogens is 654 g/mol. The predicted molar refractivity (Wildman–Crippen MR) is 192 cm³/mol. The molecule has 10 heteroatoms. The van der Waals surface area contributed by atoms with Gasteiger partial charge in [-0.3, -0.25) is 0 Å². The Labute approximate surface area is 293 Å². The average molecular weight is 689 g/mol. The number of carbonyl (C=O) groups is 2. The second-order valence-corrected chi connectivity index (χ2v) is 11.0. The molecule has 0 heterocycles. The molecule has 3 N–H and O–H groups in total. The number of ether oxygens (including phenoxy) is 3. The summed E-state index contributed by atoms with van der Waals surface area (Å²) >= 11 is 0. The van der Waals surface area contributed by atoms with Crippen molar-refractivity contribution in [2.24, 2.45) is 0 Å². The zero-order chi connectivity index (χ0) is 36.0. The van der Waals surface area contributed by atoms with E-state index in [4.69, 9.17) is 14.2 Å². The van der Waals surface area contributed by atoms with Crippen LogP contribution in [0.5, 0.6) is 11.5 Å². The molecular formula is C41H34F2N2O6. The third kappa shape index (κ3) is 10.7. The summed E-state index contributed by atoms with van der Waals surface area (Å²) in [7, 11) is 1.33. The van der Waals surface area contributed by atoms with Gasteiger partial charge in [0.2, 0.25) is 0 Å². The van der Waals surface area contributed by atoms with Crippen LogP contribution in [-0.2, 0) is 18.0 Å². The van der Waals surface area contributed by atoms with Crippen LogP contribution in [0.15, 0.2) is 146 Å². The van der Waals surface area contributed by atoms with Gasteiger partial charge in [-0.1, -0.05) is 48.5 Å². The van der Waals surface area contributed by atoms with Crippen LogP contribution in [0.4, 0.5) is 31.5 Å². The Morgan fingerprint density at radius 3 is 1.39 bits per heavy atom. The summed E-state index contributed by atoms with van der Waals surface area (Å²) in [4.78, 5) is 23.4. The van der Waals surface area contributed by atoms with E-state index in [9.17, 15) is 23.5 Å². The number of carboxylic acid groups (broad SMARTS) is 1. The molecule has 51 heavy (non-hydrogen) atoms. The summed E-state index contributed by atoms with van der Waals surface area (Å²) in [6.07, 6.45) is 0. The number of anilines is 4. The van der Waals surface area contributed by atoms with Gasteiger partial charge in [0, 0.05) is 11.4 Å². The van der Waals surface area contributed by atoms with Crippen LogP contribution in [0.3, 0.4) is 0 Å². The second-order valence-electron chi connectivity index (χ2n) is 11.0. The van der Waals surface area contributed by atoms with E-state index in [1.807, 2.05) is 72.8 Å². The van der Waals surface area contributed by atoms with Crippen LogP contribution in [0, 0.1) is 11.6 Å². The lowest BCUT2D eigenvalue weighted by Crippen LogP contribution is -2.07. The molecule has 0 aromatic heterocycles. The van der Waals surface area contributed by atoms with Gasteiger partial charge in [0.05, 0.1) is 29.6 Å². The topological polar surface area (TPSA) is 106 Å².